The molecular formula is C35H23EuF3NO4PS. The van der Waals surface area contributed by atoms with E-state index >= 15 is 0 Å². The fraction of sp³-hybridized carbons (Fsp3) is 0.0286. The second kappa shape index (κ2) is 13.8. The van der Waals surface area contributed by atoms with Crippen molar-refractivity contribution in [3.63, 3.8) is 0 Å². The summed E-state index contributed by atoms with van der Waals surface area (Å²) in [5.74, 6) is -3.30. The van der Waals surface area contributed by atoms with Crippen LogP contribution in [-0.4, -0.2) is 21.6 Å². The van der Waals surface area contributed by atoms with Crippen molar-refractivity contribution in [2.24, 2.45) is 0 Å². The standard InChI is InChI=1S/C18H15OP.C17H8F3NO3S.Eu/c19-20(16-10-4-1-5-11-16,17-12-6-2-7-13-17)18-14-8-3-9-15-18;18-17(19,20)15(23)12-14(22)8-4-3-7-11-13(8)21(16(12)24)9-5-1-2-6-10(9)25-11;/h1-15H;1-7,22H;. The SMILES string of the molecule is O=C(c1c(O)c2cccc3c2n(c1=O)-c1ccccc1S3)C(F)(F)F.O=P(c1ccccc1)(c1ccccc1)c1ccccc1.[Eu]. The number of aromatic nitrogens is 1. The van der Waals surface area contributed by atoms with Gasteiger partial charge in [0, 0.05) is 80.5 Å². The van der Waals surface area contributed by atoms with Gasteiger partial charge in [0.05, 0.1) is 11.2 Å². The molecule has 11 heteroatoms. The van der Waals surface area contributed by atoms with E-state index in [9.17, 15) is 32.4 Å². The Labute approximate surface area is 307 Å². The number of aromatic hydroxyl groups is 1. The number of pyridine rings is 1. The van der Waals surface area contributed by atoms with Crippen molar-refractivity contribution in [1.82, 2.24) is 4.57 Å². The molecule has 0 unspecified atom stereocenters. The van der Waals surface area contributed by atoms with Gasteiger partial charge in [-0.2, -0.15) is 13.2 Å². The molecule has 0 bridgehead atoms. The Kier molecular flexibility index (Phi) is 10.3. The predicted molar refractivity (Wildman–Crippen MR) is 172 cm³/mol. The number of ketones is 1. The van der Waals surface area contributed by atoms with Gasteiger partial charge in [0.25, 0.3) is 11.3 Å². The van der Waals surface area contributed by atoms with Crippen molar-refractivity contribution in [2.75, 3.05) is 0 Å². The summed E-state index contributed by atoms with van der Waals surface area (Å²) in [6.07, 6.45) is -5.27. The molecule has 0 spiro atoms. The summed E-state index contributed by atoms with van der Waals surface area (Å²) in [6, 6.07) is 40.5. The van der Waals surface area contributed by atoms with Gasteiger partial charge >= 0.3 is 6.18 Å². The summed E-state index contributed by atoms with van der Waals surface area (Å²) >= 11 is 1.33. The maximum atomic E-state index is 13.8. The van der Waals surface area contributed by atoms with Gasteiger partial charge in [0.2, 0.25) is 0 Å². The zero-order valence-electron chi connectivity index (χ0n) is 23.7. The number of alkyl halides is 3. The third kappa shape index (κ3) is 6.21. The van der Waals surface area contributed by atoms with Gasteiger partial charge in [-0.1, -0.05) is 121 Å². The van der Waals surface area contributed by atoms with E-state index in [2.05, 4.69) is 0 Å². The minimum absolute atomic E-state index is 0. The fourth-order valence-corrected chi connectivity index (χ4v) is 9.02. The van der Waals surface area contributed by atoms with E-state index in [0.717, 1.165) is 20.5 Å². The molecule has 0 saturated carbocycles. The van der Waals surface area contributed by atoms with Crippen LogP contribution in [0.5, 0.6) is 5.75 Å². The summed E-state index contributed by atoms with van der Waals surface area (Å²) in [6.45, 7) is 0. The van der Waals surface area contributed by atoms with Crippen molar-refractivity contribution < 1.29 is 77.0 Å². The molecule has 0 aliphatic carbocycles. The van der Waals surface area contributed by atoms with Gasteiger partial charge in [-0.15, -0.1) is 0 Å². The Balaban J connectivity index is 0.000000182. The maximum absolute atomic E-state index is 13.8. The minimum atomic E-state index is -5.27. The first-order chi connectivity index (χ1) is 21.6. The molecule has 5 aromatic carbocycles. The third-order valence-corrected chi connectivity index (χ3v) is 11.5. The smallest absolute Gasteiger partial charge is 0.455 e. The first kappa shape index (κ1) is 34.1. The predicted octanol–water partition coefficient (Wildman–Crippen LogP) is 7.23. The van der Waals surface area contributed by atoms with E-state index < -0.39 is 36.0 Å². The number of benzene rings is 5. The van der Waals surface area contributed by atoms with Crippen LogP contribution in [0.25, 0.3) is 16.6 Å². The average molecular weight is 794 g/mol. The van der Waals surface area contributed by atoms with Crippen LogP contribution in [0.15, 0.2) is 148 Å². The van der Waals surface area contributed by atoms with E-state index in [1.807, 2.05) is 91.0 Å². The van der Waals surface area contributed by atoms with Crippen LogP contribution in [0, 0.1) is 49.4 Å². The number of rotatable bonds is 4. The molecule has 0 fully saturated rings. The molecule has 1 aliphatic heterocycles. The number of hydrogen-bond donors (Lipinski definition) is 1. The number of hydrogen-bond acceptors (Lipinski definition) is 5. The first-order valence-corrected chi connectivity index (χ1v) is 16.2. The van der Waals surface area contributed by atoms with Crippen molar-refractivity contribution >= 4 is 51.5 Å². The van der Waals surface area contributed by atoms with Gasteiger partial charge in [-0.25, -0.2) is 0 Å². The van der Waals surface area contributed by atoms with Gasteiger partial charge in [0.15, 0.2) is 7.14 Å². The van der Waals surface area contributed by atoms with E-state index in [1.165, 1.54) is 17.8 Å². The minimum Gasteiger partial charge on any atom is -0.506 e. The summed E-state index contributed by atoms with van der Waals surface area (Å²) in [4.78, 5) is 25.7. The Morgan fingerprint density at radius 2 is 1.13 bits per heavy atom. The summed E-state index contributed by atoms with van der Waals surface area (Å²) in [7, 11) is -2.78. The summed E-state index contributed by atoms with van der Waals surface area (Å²) in [5, 5.41) is 12.9. The Bertz CT molecular complexity index is 2060. The maximum Gasteiger partial charge on any atom is 0.455 e. The topological polar surface area (TPSA) is 76.4 Å². The molecule has 1 aliphatic rings. The van der Waals surface area contributed by atoms with Crippen LogP contribution in [0.3, 0.4) is 0 Å². The third-order valence-electron chi connectivity index (χ3n) is 7.30. The zero-order valence-corrected chi connectivity index (χ0v) is 27.8. The molecule has 6 aromatic rings. The molecule has 1 N–H and O–H groups in total. The van der Waals surface area contributed by atoms with E-state index in [1.54, 1.807) is 36.4 Å². The molecule has 2 heterocycles. The number of carbonyl (C=O) groups excluding carboxylic acids is 1. The summed E-state index contributed by atoms with van der Waals surface area (Å²) in [5.41, 5.74) is -1.80. The molecule has 5 nitrogen and oxygen atoms in total. The van der Waals surface area contributed by atoms with Crippen LogP contribution >= 0.6 is 18.9 Å². The van der Waals surface area contributed by atoms with Crippen LogP contribution in [0.2, 0.25) is 0 Å². The van der Waals surface area contributed by atoms with E-state index in [0.29, 0.717) is 15.5 Å². The van der Waals surface area contributed by atoms with Crippen LogP contribution < -0.4 is 21.5 Å². The number of nitrogens with zero attached hydrogens (tertiary/aromatic N) is 1. The number of para-hydroxylation sites is 2. The molecule has 0 amide bonds. The van der Waals surface area contributed by atoms with Gasteiger partial charge in [-0.3, -0.25) is 14.2 Å². The number of fused-ring (bicyclic) bond motifs is 2. The largest absolute Gasteiger partial charge is 0.506 e. The Morgan fingerprint density at radius 1 is 0.674 bits per heavy atom. The Hall–Kier alpha value is -3.27. The second-order valence-corrected chi connectivity index (χ2v) is 13.9. The van der Waals surface area contributed by atoms with Crippen LogP contribution in [0.4, 0.5) is 13.2 Å². The van der Waals surface area contributed by atoms with Gasteiger partial charge in [-0.05, 0) is 24.3 Å². The van der Waals surface area contributed by atoms with Gasteiger partial charge < -0.3 is 9.67 Å². The Morgan fingerprint density at radius 3 is 1.63 bits per heavy atom. The van der Waals surface area contributed by atoms with Crippen molar-refractivity contribution in [3.05, 3.63) is 149 Å². The van der Waals surface area contributed by atoms with Gasteiger partial charge in [0.1, 0.15) is 11.3 Å². The molecule has 0 saturated heterocycles. The molecule has 7 rings (SSSR count). The molecule has 1 radical (unpaired) electrons. The second-order valence-electron chi connectivity index (χ2n) is 10.0. The molecule has 1 aromatic heterocycles. The number of carbonyl (C=O) groups is 1. The van der Waals surface area contributed by atoms with Crippen molar-refractivity contribution in [2.45, 2.75) is 16.0 Å². The van der Waals surface area contributed by atoms with Crippen LogP contribution in [0.1, 0.15) is 10.4 Å². The molecular weight excluding hydrogens is 770 g/mol. The molecule has 0 atom stereocenters. The quantitative estimate of drug-likeness (QED) is 0.151. The molecule has 231 valence electrons. The van der Waals surface area contributed by atoms with E-state index in [4.69, 9.17) is 0 Å². The van der Waals surface area contributed by atoms with Crippen molar-refractivity contribution in [1.29, 1.82) is 0 Å². The van der Waals surface area contributed by atoms with Crippen LogP contribution in [-0.2, 0) is 4.57 Å². The monoisotopic (exact) mass is 794 g/mol. The summed E-state index contributed by atoms with van der Waals surface area (Å²) < 4.78 is 53.6. The van der Waals surface area contributed by atoms with Crippen molar-refractivity contribution in [3.8, 4) is 11.4 Å². The van der Waals surface area contributed by atoms with E-state index in [-0.39, 0.29) is 60.3 Å². The molecule has 46 heavy (non-hydrogen) atoms. The average Bonchev–Trinajstić information content (AvgIpc) is 3.07. The first-order valence-electron chi connectivity index (χ1n) is 13.7. The normalized spacial score (nSPS) is 11.9. The zero-order chi connectivity index (χ0) is 31.8. The fourth-order valence-electron chi connectivity index (χ4n) is 5.26. The number of Topliss-reactive ketones (excluding diaryl/α,β-unsaturated/α-hetero) is 1. The number of halogens is 3.